The van der Waals surface area contributed by atoms with Gasteiger partial charge in [-0.15, -0.1) is 0 Å². The molecule has 2 rings (SSSR count). The molecule has 1 aliphatic heterocycles. The molecule has 0 aliphatic carbocycles. The van der Waals surface area contributed by atoms with Crippen LogP contribution in [0.5, 0.6) is 0 Å². The molecule has 1 heterocycles. The van der Waals surface area contributed by atoms with Crippen molar-refractivity contribution in [1.29, 1.82) is 0 Å². The fourth-order valence-corrected chi connectivity index (χ4v) is 3.38. The van der Waals surface area contributed by atoms with Gasteiger partial charge in [0.1, 0.15) is 5.60 Å². The summed E-state index contributed by atoms with van der Waals surface area (Å²) in [4.78, 5) is 40.5. The number of carbonyl (C=O) groups excluding carboxylic acids is 3. The zero-order valence-corrected chi connectivity index (χ0v) is 18.0. The lowest BCUT2D eigenvalue weighted by Gasteiger charge is -2.33. The number of hydrogen-bond acceptors (Lipinski definition) is 5. The van der Waals surface area contributed by atoms with Gasteiger partial charge in [-0.3, -0.25) is 9.59 Å². The molecule has 1 aromatic rings. The second-order valence-corrected chi connectivity index (χ2v) is 9.07. The van der Waals surface area contributed by atoms with E-state index in [4.69, 9.17) is 4.74 Å². The van der Waals surface area contributed by atoms with Gasteiger partial charge in [-0.1, -0.05) is 0 Å². The summed E-state index contributed by atoms with van der Waals surface area (Å²) in [6, 6.07) is 7.15. The zero-order chi connectivity index (χ0) is 20.9. The highest BCUT2D eigenvalue weighted by molar-refractivity contribution is 8.13. The molecule has 1 unspecified atom stereocenters. The van der Waals surface area contributed by atoms with Gasteiger partial charge < -0.3 is 19.9 Å². The van der Waals surface area contributed by atoms with Crippen LogP contribution < -0.4 is 5.32 Å². The molecule has 8 heteroatoms. The number of carbonyl (C=O) groups is 3. The summed E-state index contributed by atoms with van der Waals surface area (Å²) in [5, 5.41) is 2.85. The molecule has 3 amide bonds. The maximum atomic E-state index is 12.6. The van der Waals surface area contributed by atoms with Crippen LogP contribution in [0.3, 0.4) is 0 Å². The average Bonchev–Trinajstić information content (AvgIpc) is 2.62. The molecule has 7 nitrogen and oxygen atoms in total. The number of thioether (sulfide) groups is 1. The second kappa shape index (κ2) is 9.32. The Bertz CT molecular complexity index is 713. The Kier molecular flexibility index (Phi) is 7.35. The third kappa shape index (κ3) is 6.74. The van der Waals surface area contributed by atoms with Crippen LogP contribution in [0.2, 0.25) is 0 Å². The second-order valence-electron chi connectivity index (χ2n) is 8.04. The largest absolute Gasteiger partial charge is 0.444 e. The lowest BCUT2D eigenvalue weighted by Crippen LogP contribution is -2.45. The highest BCUT2D eigenvalue weighted by atomic mass is 32.2. The van der Waals surface area contributed by atoms with Crippen molar-refractivity contribution < 1.29 is 19.1 Å². The quantitative estimate of drug-likeness (QED) is 0.765. The number of ether oxygens (including phenoxy) is 1. The lowest BCUT2D eigenvalue weighted by molar-refractivity contribution is -0.121. The minimum absolute atomic E-state index is 0.0544. The van der Waals surface area contributed by atoms with Crippen LogP contribution in [0.25, 0.3) is 0 Å². The Morgan fingerprint density at radius 2 is 1.82 bits per heavy atom. The van der Waals surface area contributed by atoms with Crippen molar-refractivity contribution >= 4 is 34.7 Å². The molecule has 1 saturated heterocycles. The molecular formula is C20H29N3O4S. The van der Waals surface area contributed by atoms with E-state index in [9.17, 15) is 14.4 Å². The van der Waals surface area contributed by atoms with E-state index in [1.165, 1.54) is 4.90 Å². The van der Waals surface area contributed by atoms with Gasteiger partial charge in [0.05, 0.1) is 5.92 Å². The smallest absolute Gasteiger partial charge is 0.410 e. The number of nitrogens with one attached hydrogen (secondary N) is 1. The summed E-state index contributed by atoms with van der Waals surface area (Å²) in [5.41, 5.74) is 0.112. The molecule has 0 radical (unpaired) electrons. The number of nitrogens with zero attached hydrogens (tertiary/aromatic N) is 2. The Morgan fingerprint density at radius 3 is 2.39 bits per heavy atom. The van der Waals surface area contributed by atoms with Gasteiger partial charge in [-0.2, -0.15) is 0 Å². The molecule has 1 atom stereocenters. The van der Waals surface area contributed by atoms with Gasteiger partial charge in [-0.25, -0.2) is 4.79 Å². The first kappa shape index (κ1) is 22.1. The van der Waals surface area contributed by atoms with Gasteiger partial charge in [0.15, 0.2) is 0 Å². The summed E-state index contributed by atoms with van der Waals surface area (Å²) in [6.45, 7) is 6.43. The van der Waals surface area contributed by atoms with E-state index in [-0.39, 0.29) is 23.2 Å². The van der Waals surface area contributed by atoms with E-state index in [0.29, 0.717) is 18.8 Å². The van der Waals surface area contributed by atoms with Gasteiger partial charge in [0.25, 0.3) is 5.24 Å². The van der Waals surface area contributed by atoms with E-state index in [2.05, 4.69) is 5.32 Å². The van der Waals surface area contributed by atoms with Crippen LogP contribution in [0.15, 0.2) is 29.2 Å². The summed E-state index contributed by atoms with van der Waals surface area (Å²) < 4.78 is 5.41. The Balaban J connectivity index is 1.91. The van der Waals surface area contributed by atoms with Crippen molar-refractivity contribution in [2.45, 2.75) is 44.1 Å². The third-order valence-electron chi connectivity index (χ3n) is 4.14. The molecule has 0 saturated carbocycles. The van der Waals surface area contributed by atoms with Crippen molar-refractivity contribution in [1.82, 2.24) is 9.80 Å². The molecule has 1 aromatic carbocycles. The first-order valence-corrected chi connectivity index (χ1v) is 10.1. The number of hydrogen-bond donors (Lipinski definition) is 1. The van der Waals surface area contributed by atoms with Crippen LogP contribution in [0.4, 0.5) is 15.3 Å². The third-order valence-corrected chi connectivity index (χ3v) is 5.18. The van der Waals surface area contributed by atoms with Gasteiger partial charge in [-0.05, 0) is 69.6 Å². The van der Waals surface area contributed by atoms with Crippen LogP contribution in [-0.2, 0) is 9.53 Å². The lowest BCUT2D eigenvalue weighted by atomic mass is 9.97. The Morgan fingerprint density at radius 1 is 1.18 bits per heavy atom. The standard InChI is InChI=1S/C20H29N3O4S/c1-20(2,3)27-18(25)23-12-6-7-14(13-23)17(24)21-15-8-10-16(11-9-15)28-19(26)22(4)5/h8-11,14H,6-7,12-13H2,1-5H3,(H,21,24). The van der Waals surface area contributed by atoms with Crippen molar-refractivity contribution in [3.05, 3.63) is 24.3 Å². The fraction of sp³-hybridized carbons (Fsp3) is 0.550. The van der Waals surface area contributed by atoms with E-state index in [0.717, 1.165) is 29.5 Å². The zero-order valence-electron chi connectivity index (χ0n) is 17.2. The van der Waals surface area contributed by atoms with Crippen molar-refractivity contribution in [3.8, 4) is 0 Å². The number of benzene rings is 1. The van der Waals surface area contributed by atoms with Gasteiger partial charge in [0.2, 0.25) is 5.91 Å². The number of likely N-dealkylation sites (tertiary alicyclic amines) is 1. The fourth-order valence-electron chi connectivity index (χ4n) is 2.73. The molecule has 1 N–H and O–H groups in total. The minimum Gasteiger partial charge on any atom is -0.444 e. The van der Waals surface area contributed by atoms with Crippen molar-refractivity contribution in [3.63, 3.8) is 0 Å². The molecule has 28 heavy (non-hydrogen) atoms. The van der Waals surface area contributed by atoms with Crippen LogP contribution in [0, 0.1) is 5.92 Å². The van der Waals surface area contributed by atoms with Crippen LogP contribution in [-0.4, -0.2) is 59.8 Å². The van der Waals surface area contributed by atoms with E-state index in [1.807, 2.05) is 20.8 Å². The molecule has 1 aliphatic rings. The van der Waals surface area contributed by atoms with E-state index < -0.39 is 5.60 Å². The number of amides is 3. The van der Waals surface area contributed by atoms with Crippen molar-refractivity contribution in [2.75, 3.05) is 32.5 Å². The molecular weight excluding hydrogens is 378 g/mol. The molecule has 0 bridgehead atoms. The molecule has 0 spiro atoms. The van der Waals surface area contributed by atoms with Gasteiger partial charge in [0, 0.05) is 37.8 Å². The number of rotatable bonds is 3. The Hall–Kier alpha value is -2.22. The normalized spacial score (nSPS) is 17.0. The number of anilines is 1. The van der Waals surface area contributed by atoms with Crippen LogP contribution >= 0.6 is 11.8 Å². The monoisotopic (exact) mass is 407 g/mol. The van der Waals surface area contributed by atoms with E-state index in [1.54, 1.807) is 43.3 Å². The SMILES string of the molecule is CN(C)C(=O)Sc1ccc(NC(=O)C2CCCN(C(=O)OC(C)(C)C)C2)cc1. The average molecular weight is 408 g/mol. The maximum Gasteiger partial charge on any atom is 0.410 e. The number of piperidine rings is 1. The summed E-state index contributed by atoms with van der Waals surface area (Å²) >= 11 is 1.13. The first-order valence-electron chi connectivity index (χ1n) is 9.33. The summed E-state index contributed by atoms with van der Waals surface area (Å²) in [5.74, 6) is -0.385. The minimum atomic E-state index is -0.556. The maximum absolute atomic E-state index is 12.6. The van der Waals surface area contributed by atoms with Crippen molar-refractivity contribution in [2.24, 2.45) is 5.92 Å². The molecule has 1 fully saturated rings. The highest BCUT2D eigenvalue weighted by Crippen LogP contribution is 2.24. The predicted molar refractivity (Wildman–Crippen MR) is 111 cm³/mol. The van der Waals surface area contributed by atoms with Crippen LogP contribution in [0.1, 0.15) is 33.6 Å². The summed E-state index contributed by atoms with van der Waals surface area (Å²) in [6.07, 6.45) is 1.12. The highest BCUT2D eigenvalue weighted by Gasteiger charge is 2.31. The topological polar surface area (TPSA) is 79.0 Å². The Labute approximate surface area is 170 Å². The predicted octanol–water partition coefficient (Wildman–Crippen LogP) is 4.05. The molecule has 0 aromatic heterocycles. The summed E-state index contributed by atoms with van der Waals surface area (Å²) in [7, 11) is 3.41. The van der Waals surface area contributed by atoms with E-state index >= 15 is 0 Å². The first-order chi connectivity index (χ1) is 13.0. The molecule has 154 valence electrons. The van der Waals surface area contributed by atoms with Gasteiger partial charge >= 0.3 is 6.09 Å².